The molecule has 1 aromatic rings. The number of nitrogens with one attached hydrogen (secondary N) is 1. The minimum Gasteiger partial charge on any atom is -0.496 e. The molecule has 1 aliphatic carbocycles. The van der Waals surface area contributed by atoms with Crippen LogP contribution in [0.25, 0.3) is 0 Å². The van der Waals surface area contributed by atoms with Crippen molar-refractivity contribution < 1.29 is 4.74 Å². The van der Waals surface area contributed by atoms with Crippen molar-refractivity contribution >= 4 is 11.6 Å². The Bertz CT molecular complexity index is 435. The molecule has 0 aromatic heterocycles. The molecule has 0 bridgehead atoms. The molecule has 0 heterocycles. The predicted octanol–water partition coefficient (Wildman–Crippen LogP) is 4.31. The van der Waals surface area contributed by atoms with Crippen LogP contribution in [0.1, 0.15) is 38.7 Å². The summed E-state index contributed by atoms with van der Waals surface area (Å²) in [5.74, 6) is 2.45. The molecular formula is C17H26ClNO. The predicted molar refractivity (Wildman–Crippen MR) is 85.7 cm³/mol. The summed E-state index contributed by atoms with van der Waals surface area (Å²) >= 11 is 6.15. The van der Waals surface area contributed by atoms with E-state index in [0.717, 1.165) is 29.7 Å². The monoisotopic (exact) mass is 295 g/mol. The first-order valence-electron chi connectivity index (χ1n) is 7.69. The highest BCUT2D eigenvalue weighted by Crippen LogP contribution is 2.34. The lowest BCUT2D eigenvalue weighted by molar-refractivity contribution is 0.213. The lowest BCUT2D eigenvalue weighted by Gasteiger charge is -2.35. The molecule has 0 radical (unpaired) electrons. The molecule has 1 aliphatic rings. The van der Waals surface area contributed by atoms with Gasteiger partial charge >= 0.3 is 0 Å². The first kappa shape index (κ1) is 15.7. The van der Waals surface area contributed by atoms with Crippen molar-refractivity contribution in [3.8, 4) is 5.75 Å². The zero-order valence-corrected chi connectivity index (χ0v) is 13.5. The van der Waals surface area contributed by atoms with Crippen LogP contribution in [0, 0.1) is 11.8 Å². The van der Waals surface area contributed by atoms with Crippen LogP contribution in [0.3, 0.4) is 0 Å². The molecule has 3 unspecified atom stereocenters. The van der Waals surface area contributed by atoms with E-state index in [2.05, 4.69) is 25.2 Å². The Kier molecular flexibility index (Phi) is 5.74. The summed E-state index contributed by atoms with van der Waals surface area (Å²) in [5.41, 5.74) is 1.24. The zero-order chi connectivity index (χ0) is 14.5. The molecular weight excluding hydrogens is 270 g/mol. The van der Waals surface area contributed by atoms with E-state index >= 15 is 0 Å². The zero-order valence-electron chi connectivity index (χ0n) is 12.8. The summed E-state index contributed by atoms with van der Waals surface area (Å²) in [7, 11) is 1.73. The van der Waals surface area contributed by atoms with Gasteiger partial charge in [-0.25, -0.2) is 0 Å². The highest BCUT2D eigenvalue weighted by Gasteiger charge is 2.28. The fourth-order valence-electron chi connectivity index (χ4n) is 3.44. The summed E-state index contributed by atoms with van der Waals surface area (Å²) in [6, 6.07) is 6.56. The van der Waals surface area contributed by atoms with E-state index in [9.17, 15) is 0 Å². The third-order valence-electron chi connectivity index (χ3n) is 4.44. The molecule has 20 heavy (non-hydrogen) atoms. The number of rotatable bonds is 5. The second-order valence-electron chi connectivity index (χ2n) is 6.00. The van der Waals surface area contributed by atoms with Crippen LogP contribution in [0.4, 0.5) is 0 Å². The number of hydrogen-bond donors (Lipinski definition) is 1. The average molecular weight is 296 g/mol. The molecule has 1 saturated carbocycles. The van der Waals surface area contributed by atoms with Crippen LogP contribution < -0.4 is 10.1 Å². The lowest BCUT2D eigenvalue weighted by Crippen LogP contribution is -2.41. The van der Waals surface area contributed by atoms with Gasteiger partial charge in [0.1, 0.15) is 5.75 Å². The van der Waals surface area contributed by atoms with E-state index < -0.39 is 0 Å². The third kappa shape index (κ3) is 3.89. The van der Waals surface area contributed by atoms with Gasteiger partial charge < -0.3 is 10.1 Å². The Hall–Kier alpha value is -0.730. The third-order valence-corrected chi connectivity index (χ3v) is 4.67. The molecule has 1 N–H and O–H groups in total. The molecule has 0 saturated heterocycles. The molecule has 112 valence electrons. The van der Waals surface area contributed by atoms with E-state index in [1.807, 2.05) is 12.1 Å². The number of methoxy groups -OCH3 is 1. The van der Waals surface area contributed by atoms with Crippen molar-refractivity contribution in [2.45, 2.75) is 45.6 Å². The SMILES string of the molecule is CCNC1CCC(C)CC1Cc1cc(Cl)ccc1OC. The van der Waals surface area contributed by atoms with Crippen molar-refractivity contribution in [2.24, 2.45) is 11.8 Å². The van der Waals surface area contributed by atoms with Crippen LogP contribution in [-0.2, 0) is 6.42 Å². The Morgan fingerprint density at radius 3 is 2.85 bits per heavy atom. The van der Waals surface area contributed by atoms with E-state index in [-0.39, 0.29) is 0 Å². The van der Waals surface area contributed by atoms with Gasteiger partial charge in [0, 0.05) is 11.1 Å². The summed E-state index contributed by atoms with van der Waals surface area (Å²) in [4.78, 5) is 0. The number of halogens is 1. The molecule has 1 fully saturated rings. The molecule has 2 nitrogen and oxygen atoms in total. The molecule has 3 heteroatoms. The number of hydrogen-bond acceptors (Lipinski definition) is 2. The molecule has 0 aliphatic heterocycles. The molecule has 0 spiro atoms. The minimum atomic E-state index is 0.625. The van der Waals surface area contributed by atoms with E-state index in [0.29, 0.717) is 12.0 Å². The summed E-state index contributed by atoms with van der Waals surface area (Å²) in [6.07, 6.45) is 4.95. The second kappa shape index (κ2) is 7.33. The Labute approximate surface area is 127 Å². The largest absolute Gasteiger partial charge is 0.496 e. The molecule has 2 rings (SSSR count). The fourth-order valence-corrected chi connectivity index (χ4v) is 3.64. The molecule has 0 amide bonds. The standard InChI is InChI=1S/C17H26ClNO/c1-4-19-16-7-5-12(2)9-13(16)10-14-11-15(18)6-8-17(14)20-3/h6,8,11-13,16,19H,4-5,7,9-10H2,1-3H3. The van der Waals surface area contributed by atoms with Crippen LogP contribution in [0.15, 0.2) is 18.2 Å². The average Bonchev–Trinajstić information content (AvgIpc) is 2.42. The van der Waals surface area contributed by atoms with Gasteiger partial charge in [-0.3, -0.25) is 0 Å². The van der Waals surface area contributed by atoms with Crippen molar-refractivity contribution in [2.75, 3.05) is 13.7 Å². The quantitative estimate of drug-likeness (QED) is 0.874. The fraction of sp³-hybridized carbons (Fsp3) is 0.647. The van der Waals surface area contributed by atoms with Crippen molar-refractivity contribution in [1.82, 2.24) is 5.32 Å². The minimum absolute atomic E-state index is 0.625. The number of benzene rings is 1. The summed E-state index contributed by atoms with van der Waals surface area (Å²) < 4.78 is 5.48. The van der Waals surface area contributed by atoms with Gasteiger partial charge in [-0.15, -0.1) is 0 Å². The van der Waals surface area contributed by atoms with Gasteiger partial charge in [-0.2, -0.15) is 0 Å². The van der Waals surface area contributed by atoms with E-state index in [4.69, 9.17) is 16.3 Å². The van der Waals surface area contributed by atoms with Gasteiger partial charge in [0.05, 0.1) is 7.11 Å². The van der Waals surface area contributed by atoms with Gasteiger partial charge in [0.15, 0.2) is 0 Å². The van der Waals surface area contributed by atoms with E-state index in [1.54, 1.807) is 7.11 Å². The first-order valence-corrected chi connectivity index (χ1v) is 8.07. The maximum absolute atomic E-state index is 6.15. The van der Waals surface area contributed by atoms with E-state index in [1.165, 1.54) is 24.8 Å². The van der Waals surface area contributed by atoms with Gasteiger partial charge in [0.2, 0.25) is 0 Å². The maximum Gasteiger partial charge on any atom is 0.122 e. The first-order chi connectivity index (χ1) is 9.63. The highest BCUT2D eigenvalue weighted by atomic mass is 35.5. The smallest absolute Gasteiger partial charge is 0.122 e. The normalized spacial score (nSPS) is 26.5. The van der Waals surface area contributed by atoms with Crippen LogP contribution >= 0.6 is 11.6 Å². The summed E-state index contributed by atoms with van der Waals surface area (Å²) in [6.45, 7) is 5.60. The maximum atomic E-state index is 6.15. The van der Waals surface area contributed by atoms with Gasteiger partial charge in [0.25, 0.3) is 0 Å². The molecule has 1 aromatic carbocycles. The van der Waals surface area contributed by atoms with Gasteiger partial charge in [-0.1, -0.05) is 25.4 Å². The van der Waals surface area contributed by atoms with Crippen LogP contribution in [0.2, 0.25) is 5.02 Å². The Morgan fingerprint density at radius 2 is 2.15 bits per heavy atom. The molecule has 3 atom stereocenters. The number of ether oxygens (including phenoxy) is 1. The Balaban J connectivity index is 2.14. The van der Waals surface area contributed by atoms with Gasteiger partial charge in [-0.05, 0) is 67.8 Å². The van der Waals surface area contributed by atoms with Crippen LogP contribution in [-0.4, -0.2) is 19.7 Å². The van der Waals surface area contributed by atoms with Crippen LogP contribution in [0.5, 0.6) is 5.75 Å². The lowest BCUT2D eigenvalue weighted by atomic mass is 9.76. The summed E-state index contributed by atoms with van der Waals surface area (Å²) in [5, 5.41) is 4.45. The van der Waals surface area contributed by atoms with Crippen molar-refractivity contribution in [3.63, 3.8) is 0 Å². The second-order valence-corrected chi connectivity index (χ2v) is 6.44. The van der Waals surface area contributed by atoms with Crippen molar-refractivity contribution in [1.29, 1.82) is 0 Å². The highest BCUT2D eigenvalue weighted by molar-refractivity contribution is 6.30. The topological polar surface area (TPSA) is 21.3 Å². The Morgan fingerprint density at radius 1 is 1.35 bits per heavy atom. The van der Waals surface area contributed by atoms with Crippen molar-refractivity contribution in [3.05, 3.63) is 28.8 Å².